The molecule has 1 saturated carbocycles. The van der Waals surface area contributed by atoms with Gasteiger partial charge in [-0.25, -0.2) is 4.79 Å². The summed E-state index contributed by atoms with van der Waals surface area (Å²) in [6.45, 7) is 4.96. The number of urea groups is 1. The number of nitrogens with zero attached hydrogens (tertiary/aromatic N) is 3. The van der Waals surface area contributed by atoms with Crippen molar-refractivity contribution >= 4 is 17.6 Å². The lowest BCUT2D eigenvalue weighted by molar-refractivity contribution is -0.130. The molecule has 2 heterocycles. The van der Waals surface area contributed by atoms with Gasteiger partial charge in [-0.05, 0) is 44.2 Å². The van der Waals surface area contributed by atoms with E-state index in [0.29, 0.717) is 18.3 Å². The van der Waals surface area contributed by atoms with Gasteiger partial charge in [-0.1, -0.05) is 0 Å². The first-order valence-electron chi connectivity index (χ1n) is 8.31. The van der Waals surface area contributed by atoms with Crippen LogP contribution in [0.25, 0.3) is 0 Å². The van der Waals surface area contributed by atoms with E-state index < -0.39 is 0 Å². The molecule has 1 aromatic heterocycles. The van der Waals surface area contributed by atoms with Crippen molar-refractivity contribution in [2.24, 2.45) is 0 Å². The Morgan fingerprint density at radius 3 is 2.78 bits per heavy atom. The van der Waals surface area contributed by atoms with Crippen molar-refractivity contribution in [3.05, 3.63) is 24.0 Å². The molecular weight excluding hydrogens is 292 g/mol. The second kappa shape index (κ2) is 6.56. The molecule has 0 unspecified atom stereocenters. The molecule has 2 fully saturated rings. The predicted octanol–water partition coefficient (Wildman–Crippen LogP) is 2.40. The van der Waals surface area contributed by atoms with Crippen LogP contribution in [0.5, 0.6) is 0 Å². The molecule has 6 nitrogen and oxygen atoms in total. The SMILES string of the molecule is CC(=O)N(C[C@H]1CCCN1C(=O)Nc1cncc(C)c1)C1CC1. The minimum atomic E-state index is -0.0980. The van der Waals surface area contributed by atoms with Crippen LogP contribution >= 0.6 is 0 Å². The molecule has 3 rings (SSSR count). The summed E-state index contributed by atoms with van der Waals surface area (Å²) in [5, 5.41) is 2.92. The second-order valence-electron chi connectivity index (χ2n) is 6.57. The zero-order chi connectivity index (χ0) is 16.4. The Balaban J connectivity index is 1.63. The highest BCUT2D eigenvalue weighted by atomic mass is 16.2. The number of carbonyl (C=O) groups is 2. The van der Waals surface area contributed by atoms with Crippen molar-refractivity contribution in [2.75, 3.05) is 18.4 Å². The van der Waals surface area contributed by atoms with Crippen LogP contribution in [-0.2, 0) is 4.79 Å². The molecule has 0 spiro atoms. The number of rotatable bonds is 4. The molecule has 0 radical (unpaired) electrons. The smallest absolute Gasteiger partial charge is 0.322 e. The van der Waals surface area contributed by atoms with Crippen molar-refractivity contribution in [1.29, 1.82) is 0 Å². The van der Waals surface area contributed by atoms with Crippen molar-refractivity contribution in [3.8, 4) is 0 Å². The van der Waals surface area contributed by atoms with Gasteiger partial charge in [0.25, 0.3) is 0 Å². The molecule has 2 aliphatic rings. The Bertz CT molecular complexity index is 600. The lowest BCUT2D eigenvalue weighted by atomic mass is 10.2. The maximum absolute atomic E-state index is 12.6. The van der Waals surface area contributed by atoms with E-state index in [2.05, 4.69) is 10.3 Å². The Morgan fingerprint density at radius 2 is 2.13 bits per heavy atom. The van der Waals surface area contributed by atoms with Crippen molar-refractivity contribution < 1.29 is 9.59 Å². The van der Waals surface area contributed by atoms with Gasteiger partial charge in [0.2, 0.25) is 5.91 Å². The third-order valence-electron chi connectivity index (χ3n) is 4.56. The van der Waals surface area contributed by atoms with E-state index in [1.165, 1.54) is 0 Å². The summed E-state index contributed by atoms with van der Waals surface area (Å²) in [6, 6.07) is 2.30. The predicted molar refractivity (Wildman–Crippen MR) is 88.1 cm³/mol. The number of aromatic nitrogens is 1. The fraction of sp³-hybridized carbons (Fsp3) is 0.588. The number of carbonyl (C=O) groups excluding carboxylic acids is 2. The third kappa shape index (κ3) is 3.81. The number of hydrogen-bond acceptors (Lipinski definition) is 3. The number of pyridine rings is 1. The highest BCUT2D eigenvalue weighted by Gasteiger charge is 2.36. The molecule has 1 aliphatic heterocycles. The van der Waals surface area contributed by atoms with Gasteiger partial charge in [0.05, 0.1) is 17.9 Å². The summed E-state index contributed by atoms with van der Waals surface area (Å²) in [5.74, 6) is 0.114. The van der Waals surface area contributed by atoms with Crippen molar-refractivity contribution in [2.45, 2.75) is 51.6 Å². The van der Waals surface area contributed by atoms with E-state index in [4.69, 9.17) is 0 Å². The van der Waals surface area contributed by atoms with Crippen LogP contribution in [0.2, 0.25) is 0 Å². The maximum atomic E-state index is 12.6. The standard InChI is InChI=1S/C17H24N4O2/c1-12-8-14(10-18-9-12)19-17(23)20-7-3-4-16(20)11-21(13(2)22)15-5-6-15/h8-10,15-16H,3-7,11H2,1-2H3,(H,19,23)/t16-/m1/s1. The molecule has 6 heteroatoms. The second-order valence-corrected chi connectivity index (χ2v) is 6.57. The fourth-order valence-corrected chi connectivity index (χ4v) is 3.26. The maximum Gasteiger partial charge on any atom is 0.322 e. The Kier molecular flexibility index (Phi) is 4.50. The average Bonchev–Trinajstić information content (AvgIpc) is 3.22. The molecule has 1 atom stereocenters. The van der Waals surface area contributed by atoms with Crippen LogP contribution in [0.15, 0.2) is 18.5 Å². The van der Waals surface area contributed by atoms with Gasteiger partial charge < -0.3 is 15.1 Å². The Labute approximate surface area is 136 Å². The number of aryl methyl sites for hydroxylation is 1. The molecule has 124 valence electrons. The van der Waals surface area contributed by atoms with E-state index in [1.54, 1.807) is 19.3 Å². The Morgan fingerprint density at radius 1 is 1.35 bits per heavy atom. The zero-order valence-electron chi connectivity index (χ0n) is 13.8. The van der Waals surface area contributed by atoms with Crippen LogP contribution in [0.4, 0.5) is 10.5 Å². The summed E-state index contributed by atoms with van der Waals surface area (Å²) >= 11 is 0. The first kappa shape index (κ1) is 15.8. The van der Waals surface area contributed by atoms with E-state index >= 15 is 0 Å². The van der Waals surface area contributed by atoms with Gasteiger partial charge in [-0.15, -0.1) is 0 Å². The van der Waals surface area contributed by atoms with Gasteiger partial charge in [-0.3, -0.25) is 9.78 Å². The number of amides is 3. The summed E-state index contributed by atoms with van der Waals surface area (Å²) in [4.78, 5) is 32.3. The van der Waals surface area contributed by atoms with E-state index in [0.717, 1.165) is 37.8 Å². The van der Waals surface area contributed by atoms with E-state index in [1.807, 2.05) is 22.8 Å². The topological polar surface area (TPSA) is 65.5 Å². The largest absolute Gasteiger partial charge is 0.338 e. The minimum Gasteiger partial charge on any atom is -0.338 e. The van der Waals surface area contributed by atoms with Gasteiger partial charge in [0.1, 0.15) is 0 Å². The number of hydrogen-bond donors (Lipinski definition) is 1. The number of likely N-dealkylation sites (tertiary alicyclic amines) is 1. The third-order valence-corrected chi connectivity index (χ3v) is 4.56. The molecule has 1 N–H and O–H groups in total. The van der Waals surface area contributed by atoms with E-state index in [-0.39, 0.29) is 18.0 Å². The van der Waals surface area contributed by atoms with Crippen LogP contribution in [0.1, 0.15) is 38.2 Å². The Hall–Kier alpha value is -2.11. The molecule has 3 amide bonds. The number of nitrogens with one attached hydrogen (secondary N) is 1. The van der Waals surface area contributed by atoms with Crippen LogP contribution in [0, 0.1) is 6.92 Å². The normalized spacial score (nSPS) is 20.4. The average molecular weight is 316 g/mol. The highest BCUT2D eigenvalue weighted by molar-refractivity contribution is 5.89. The molecule has 1 saturated heterocycles. The minimum absolute atomic E-state index is 0.0980. The molecular formula is C17H24N4O2. The fourth-order valence-electron chi connectivity index (χ4n) is 3.26. The van der Waals surface area contributed by atoms with Gasteiger partial charge >= 0.3 is 6.03 Å². The lowest BCUT2D eigenvalue weighted by Crippen LogP contribution is -2.46. The van der Waals surface area contributed by atoms with E-state index in [9.17, 15) is 9.59 Å². The molecule has 1 aliphatic carbocycles. The first-order valence-corrected chi connectivity index (χ1v) is 8.31. The number of anilines is 1. The summed E-state index contributed by atoms with van der Waals surface area (Å²) in [6.07, 6.45) is 7.54. The van der Waals surface area contributed by atoms with Crippen LogP contribution in [-0.4, -0.2) is 51.9 Å². The van der Waals surface area contributed by atoms with Crippen LogP contribution in [0.3, 0.4) is 0 Å². The van der Waals surface area contributed by atoms with Crippen LogP contribution < -0.4 is 5.32 Å². The van der Waals surface area contributed by atoms with Crippen molar-refractivity contribution in [1.82, 2.24) is 14.8 Å². The quantitative estimate of drug-likeness (QED) is 0.927. The van der Waals surface area contributed by atoms with Gasteiger partial charge in [0, 0.05) is 32.3 Å². The van der Waals surface area contributed by atoms with Crippen molar-refractivity contribution in [3.63, 3.8) is 0 Å². The lowest BCUT2D eigenvalue weighted by Gasteiger charge is -2.30. The molecule has 1 aromatic rings. The molecule has 0 bridgehead atoms. The summed E-state index contributed by atoms with van der Waals surface area (Å²) in [7, 11) is 0. The molecule has 0 aromatic carbocycles. The van der Waals surface area contributed by atoms with Gasteiger partial charge in [-0.2, -0.15) is 0 Å². The highest BCUT2D eigenvalue weighted by Crippen LogP contribution is 2.29. The molecule has 23 heavy (non-hydrogen) atoms. The first-order chi connectivity index (χ1) is 11.0. The summed E-state index contributed by atoms with van der Waals surface area (Å²) < 4.78 is 0. The summed E-state index contributed by atoms with van der Waals surface area (Å²) in [5.41, 5.74) is 1.73. The van der Waals surface area contributed by atoms with Gasteiger partial charge in [0.15, 0.2) is 0 Å². The zero-order valence-corrected chi connectivity index (χ0v) is 13.8. The monoisotopic (exact) mass is 316 g/mol.